The van der Waals surface area contributed by atoms with Crippen LogP contribution in [0.4, 0.5) is 11.4 Å². The van der Waals surface area contributed by atoms with Crippen molar-refractivity contribution in [2.75, 3.05) is 23.8 Å². The molecular weight excluding hydrogens is 520 g/mol. The normalized spacial score (nSPS) is 11.2. The van der Waals surface area contributed by atoms with Gasteiger partial charge in [-0.05, 0) is 41.9 Å². The van der Waals surface area contributed by atoms with Crippen LogP contribution < -0.4 is 15.4 Å². The van der Waals surface area contributed by atoms with Gasteiger partial charge < -0.3 is 24.7 Å². The van der Waals surface area contributed by atoms with Crippen LogP contribution in [0.1, 0.15) is 6.42 Å². The monoisotopic (exact) mass is 554 g/mol. The van der Waals surface area contributed by atoms with Gasteiger partial charge in [-0.15, -0.1) is 0 Å². The molecule has 10 heteroatoms. The van der Waals surface area contributed by atoms with E-state index in [0.717, 1.165) is 22.9 Å². The highest BCUT2D eigenvalue weighted by atomic mass is 28.3. The number of hydrogen-bond donors (Lipinski definition) is 2. The third kappa shape index (κ3) is 7.78. The molecule has 0 atom stereocenters. The number of rotatable bonds is 13. The lowest BCUT2D eigenvalue weighted by Gasteiger charge is -2.15. The van der Waals surface area contributed by atoms with Gasteiger partial charge in [0.15, 0.2) is 5.65 Å². The molecule has 0 radical (unpaired) electrons. The van der Waals surface area contributed by atoms with Crippen molar-refractivity contribution >= 4 is 36.5 Å². The summed E-state index contributed by atoms with van der Waals surface area (Å²) in [5, 5.41) is 14.9. The van der Waals surface area contributed by atoms with Gasteiger partial charge in [0.05, 0.1) is 18.7 Å². The molecule has 0 bridgehead atoms. The van der Waals surface area contributed by atoms with Gasteiger partial charge in [-0.25, -0.2) is 9.97 Å². The van der Waals surface area contributed by atoms with E-state index >= 15 is 0 Å². The summed E-state index contributed by atoms with van der Waals surface area (Å²) < 4.78 is 14.0. The van der Waals surface area contributed by atoms with Crippen LogP contribution in [0.15, 0.2) is 73.6 Å². The van der Waals surface area contributed by atoms with Gasteiger partial charge >= 0.3 is 0 Å². The van der Waals surface area contributed by atoms with E-state index in [1.165, 1.54) is 6.08 Å². The van der Waals surface area contributed by atoms with Gasteiger partial charge in [-0.3, -0.25) is 4.79 Å². The number of carbonyl (C=O) groups is 1. The largest absolute Gasteiger partial charge is 0.437 e. The number of nitrogens with one attached hydrogen (secondary N) is 2. The third-order valence-corrected chi connectivity index (χ3v) is 7.72. The van der Waals surface area contributed by atoms with E-state index in [1.807, 2.05) is 35.0 Å². The molecule has 0 aliphatic carbocycles. The second kappa shape index (κ2) is 13.1. The molecule has 1 amide bonds. The molecule has 4 aromatic rings. The SMILES string of the molecule is C=CC(=O)Nc1cccc(Oc2cnc3c(n2)c(-c2cccc(NCCC#N)c2)cn3COCC[Si](C)(C)C)c1. The molecule has 4 rings (SSSR count). The first-order chi connectivity index (χ1) is 19.3. The lowest BCUT2D eigenvalue weighted by atomic mass is 10.1. The van der Waals surface area contributed by atoms with Gasteiger partial charge in [0.2, 0.25) is 11.8 Å². The van der Waals surface area contributed by atoms with Crippen molar-refractivity contribution in [2.45, 2.75) is 38.8 Å². The topological polar surface area (TPSA) is 114 Å². The quantitative estimate of drug-likeness (QED) is 0.108. The minimum atomic E-state index is -1.21. The van der Waals surface area contributed by atoms with Gasteiger partial charge in [-0.2, -0.15) is 5.26 Å². The number of carbonyl (C=O) groups excluding carboxylic acids is 1. The summed E-state index contributed by atoms with van der Waals surface area (Å²) in [5.74, 6) is 0.525. The summed E-state index contributed by atoms with van der Waals surface area (Å²) in [6.45, 7) is 12.1. The standard InChI is InChI=1S/C30H34N6O3Si/c1-5-27(37)34-24-11-7-12-25(18-24)39-28-19-33-30-29(35-28)26(20-36(30)21-38-15-16-40(2,3)4)22-9-6-10-23(17-22)32-14-8-13-31/h5-7,9-12,17-20,32H,1,8,14-16,21H2,2-4H3,(H,34,37). The lowest BCUT2D eigenvalue weighted by molar-refractivity contribution is -0.111. The molecule has 2 heterocycles. The van der Waals surface area contributed by atoms with Crippen LogP contribution in [0.5, 0.6) is 11.6 Å². The Balaban J connectivity index is 1.65. The van der Waals surface area contributed by atoms with E-state index in [1.54, 1.807) is 30.5 Å². The highest BCUT2D eigenvalue weighted by Gasteiger charge is 2.17. The van der Waals surface area contributed by atoms with Gasteiger partial charge in [0, 0.05) is 50.4 Å². The van der Waals surface area contributed by atoms with Gasteiger partial charge in [-0.1, -0.05) is 44.4 Å². The van der Waals surface area contributed by atoms with Crippen molar-refractivity contribution in [2.24, 2.45) is 0 Å². The smallest absolute Gasteiger partial charge is 0.247 e. The molecular formula is C30H34N6O3Si. The number of nitrogens with zero attached hydrogens (tertiary/aromatic N) is 4. The summed E-state index contributed by atoms with van der Waals surface area (Å²) in [6, 6.07) is 18.3. The Morgan fingerprint density at radius 3 is 2.75 bits per heavy atom. The Morgan fingerprint density at radius 1 is 1.18 bits per heavy atom. The number of nitriles is 1. The van der Waals surface area contributed by atoms with E-state index in [4.69, 9.17) is 19.7 Å². The van der Waals surface area contributed by atoms with E-state index in [-0.39, 0.29) is 5.91 Å². The maximum absolute atomic E-state index is 11.7. The maximum atomic E-state index is 11.7. The first-order valence-corrected chi connectivity index (χ1v) is 16.8. The van der Waals surface area contributed by atoms with E-state index in [9.17, 15) is 4.79 Å². The van der Waals surface area contributed by atoms with Crippen LogP contribution in [0.25, 0.3) is 22.3 Å². The molecule has 9 nitrogen and oxygen atoms in total. The molecule has 0 saturated carbocycles. The van der Waals surface area contributed by atoms with Gasteiger partial charge in [0.25, 0.3) is 0 Å². The number of aromatic nitrogens is 3. The number of fused-ring (bicyclic) bond motifs is 1. The fraction of sp³-hybridized carbons (Fsp3) is 0.267. The van der Waals surface area contributed by atoms with Crippen molar-refractivity contribution < 1.29 is 14.3 Å². The average molecular weight is 555 g/mol. The molecule has 2 aromatic carbocycles. The summed E-state index contributed by atoms with van der Waals surface area (Å²) in [6.07, 6.45) is 5.22. The van der Waals surface area contributed by atoms with Crippen molar-refractivity contribution in [3.63, 3.8) is 0 Å². The predicted octanol–water partition coefficient (Wildman–Crippen LogP) is 6.65. The van der Waals surface area contributed by atoms with Crippen LogP contribution in [-0.2, 0) is 16.3 Å². The molecule has 0 fully saturated rings. The van der Waals surface area contributed by atoms with E-state index < -0.39 is 8.07 Å². The predicted molar refractivity (Wildman–Crippen MR) is 161 cm³/mol. The average Bonchev–Trinajstić information content (AvgIpc) is 3.29. The molecule has 40 heavy (non-hydrogen) atoms. The Kier molecular flexibility index (Phi) is 9.32. The Hall–Kier alpha value is -4.46. The number of amides is 1. The number of ether oxygens (including phenoxy) is 2. The van der Waals surface area contributed by atoms with Crippen LogP contribution in [0, 0.1) is 11.3 Å². The summed E-state index contributed by atoms with van der Waals surface area (Å²) in [5.41, 5.74) is 4.70. The summed E-state index contributed by atoms with van der Waals surface area (Å²) in [4.78, 5) is 21.2. The first-order valence-electron chi connectivity index (χ1n) is 13.1. The van der Waals surface area contributed by atoms with Crippen molar-refractivity contribution in [3.05, 3.63) is 73.6 Å². The second-order valence-corrected chi connectivity index (χ2v) is 16.1. The number of hydrogen-bond acceptors (Lipinski definition) is 7. The van der Waals surface area contributed by atoms with Crippen molar-refractivity contribution in [1.29, 1.82) is 5.26 Å². The molecule has 0 aliphatic rings. The Labute approximate surface area is 235 Å². The number of benzene rings is 2. The minimum Gasteiger partial charge on any atom is -0.437 e. The zero-order valence-corrected chi connectivity index (χ0v) is 24.1. The minimum absolute atomic E-state index is 0.305. The first kappa shape index (κ1) is 28.5. The molecule has 206 valence electrons. The molecule has 0 unspecified atom stereocenters. The number of anilines is 2. The Morgan fingerprint density at radius 2 is 1.98 bits per heavy atom. The zero-order valence-electron chi connectivity index (χ0n) is 23.1. The Bertz CT molecular complexity index is 1540. The second-order valence-electron chi connectivity index (χ2n) is 10.5. The highest BCUT2D eigenvalue weighted by Crippen LogP contribution is 2.32. The molecule has 0 spiro atoms. The van der Waals surface area contributed by atoms with E-state index in [2.05, 4.69) is 47.9 Å². The third-order valence-electron chi connectivity index (χ3n) is 6.02. The summed E-state index contributed by atoms with van der Waals surface area (Å²) in [7, 11) is -1.21. The fourth-order valence-corrected chi connectivity index (χ4v) is 4.70. The van der Waals surface area contributed by atoms with Crippen LogP contribution in [-0.4, -0.2) is 41.7 Å². The van der Waals surface area contributed by atoms with Gasteiger partial charge in [0.1, 0.15) is 18.0 Å². The molecule has 2 N–H and O–H groups in total. The maximum Gasteiger partial charge on any atom is 0.247 e. The van der Waals surface area contributed by atoms with Crippen LogP contribution in [0.2, 0.25) is 25.7 Å². The molecule has 2 aromatic heterocycles. The molecule has 0 aliphatic heterocycles. The van der Waals surface area contributed by atoms with Crippen LogP contribution in [0.3, 0.4) is 0 Å². The lowest BCUT2D eigenvalue weighted by Crippen LogP contribution is -2.22. The van der Waals surface area contributed by atoms with Crippen molar-refractivity contribution in [3.8, 4) is 28.8 Å². The molecule has 0 saturated heterocycles. The zero-order chi connectivity index (χ0) is 28.5. The van der Waals surface area contributed by atoms with Crippen LogP contribution >= 0.6 is 0 Å². The highest BCUT2D eigenvalue weighted by molar-refractivity contribution is 6.76. The van der Waals surface area contributed by atoms with Crippen molar-refractivity contribution in [1.82, 2.24) is 14.5 Å². The van der Waals surface area contributed by atoms with E-state index in [0.29, 0.717) is 54.8 Å². The fourth-order valence-electron chi connectivity index (χ4n) is 3.95. The summed E-state index contributed by atoms with van der Waals surface area (Å²) >= 11 is 0.